The molecular weight excluding hydrogens is 442 g/mol. The number of ether oxygens (including phenoxy) is 1. The molecule has 3 heterocycles. The van der Waals surface area contributed by atoms with Crippen LogP contribution in [-0.4, -0.2) is 72.0 Å². The Hall–Kier alpha value is -2.45. The lowest BCUT2D eigenvalue weighted by molar-refractivity contribution is 0.0383. The third-order valence-electron chi connectivity index (χ3n) is 9.99. The average molecular weight is 478 g/mol. The molecule has 5 aliphatic rings. The standard InChI is InChI=1S/C27H35N5O3/c33-24(28-6-7-31-8-10-35-11-9-31)21-16-32-22(2-1-3-23(32)30-21)25(34)29-17-26-12-18-4-5-27(20(18)15-26)14-19(27)13-26/h1-3,16,18-20H,4-15,17H2,(H,28,33)(H,29,34). The van der Waals surface area contributed by atoms with Crippen LogP contribution in [0.1, 0.15) is 59.5 Å². The molecule has 8 nitrogen and oxygen atoms in total. The summed E-state index contributed by atoms with van der Waals surface area (Å²) in [6, 6.07) is 5.50. The summed E-state index contributed by atoms with van der Waals surface area (Å²) in [5.41, 5.74) is 2.49. The smallest absolute Gasteiger partial charge is 0.271 e. The molecule has 2 amide bonds. The number of hydrogen-bond acceptors (Lipinski definition) is 5. The highest BCUT2D eigenvalue weighted by molar-refractivity contribution is 5.95. The van der Waals surface area contributed by atoms with E-state index < -0.39 is 0 Å². The second-order valence-corrected chi connectivity index (χ2v) is 11.8. The van der Waals surface area contributed by atoms with Crippen molar-refractivity contribution < 1.29 is 14.3 Å². The monoisotopic (exact) mass is 477 g/mol. The van der Waals surface area contributed by atoms with E-state index in [0.29, 0.717) is 34.4 Å². The Bertz CT molecular complexity index is 1170. The number of morpholine rings is 1. The second-order valence-electron chi connectivity index (χ2n) is 11.8. The van der Waals surface area contributed by atoms with Crippen LogP contribution in [0.15, 0.2) is 24.4 Å². The number of aromatic nitrogens is 2. The van der Waals surface area contributed by atoms with Crippen LogP contribution in [0.5, 0.6) is 0 Å². The average Bonchev–Trinajstić information content (AvgIpc) is 3.14. The predicted molar refractivity (Wildman–Crippen MR) is 130 cm³/mol. The zero-order valence-electron chi connectivity index (χ0n) is 20.3. The zero-order chi connectivity index (χ0) is 23.6. The summed E-state index contributed by atoms with van der Waals surface area (Å²) in [7, 11) is 0. The van der Waals surface area contributed by atoms with Gasteiger partial charge in [-0.1, -0.05) is 6.07 Å². The van der Waals surface area contributed by atoms with Gasteiger partial charge in [0.1, 0.15) is 17.0 Å². The number of pyridine rings is 1. The number of nitrogens with one attached hydrogen (secondary N) is 2. The highest BCUT2D eigenvalue weighted by Gasteiger charge is 2.72. The maximum Gasteiger partial charge on any atom is 0.271 e. The van der Waals surface area contributed by atoms with Crippen molar-refractivity contribution >= 4 is 17.5 Å². The molecule has 186 valence electrons. The number of imidazole rings is 1. The van der Waals surface area contributed by atoms with Gasteiger partial charge < -0.3 is 15.4 Å². The van der Waals surface area contributed by atoms with Crippen LogP contribution in [0, 0.1) is 28.6 Å². The minimum absolute atomic E-state index is 0.0775. The lowest BCUT2D eigenvalue weighted by Gasteiger charge is -2.36. The van der Waals surface area contributed by atoms with Crippen LogP contribution in [0.25, 0.3) is 5.65 Å². The molecule has 1 spiro atoms. The number of rotatable bonds is 7. The molecular formula is C27H35N5O3. The number of carbonyl (C=O) groups excluding carboxylic acids is 2. The molecule has 4 saturated carbocycles. The van der Waals surface area contributed by atoms with Gasteiger partial charge in [-0.3, -0.25) is 18.9 Å². The maximum absolute atomic E-state index is 13.3. The minimum atomic E-state index is -0.208. The molecule has 5 unspecified atom stereocenters. The normalized spacial score (nSPS) is 35.1. The van der Waals surface area contributed by atoms with Crippen LogP contribution >= 0.6 is 0 Å². The summed E-state index contributed by atoms with van der Waals surface area (Å²) in [6.07, 6.45) is 9.88. The third-order valence-corrected chi connectivity index (χ3v) is 9.99. The van der Waals surface area contributed by atoms with Gasteiger partial charge in [0, 0.05) is 38.9 Å². The Kier molecular flexibility index (Phi) is 5.00. The number of amides is 2. The highest BCUT2D eigenvalue weighted by atomic mass is 16.5. The first-order valence-electron chi connectivity index (χ1n) is 13.4. The van der Waals surface area contributed by atoms with E-state index in [9.17, 15) is 9.59 Å². The topological polar surface area (TPSA) is 88.0 Å². The van der Waals surface area contributed by atoms with E-state index in [0.717, 1.165) is 57.1 Å². The lowest BCUT2D eigenvalue weighted by Crippen LogP contribution is -2.41. The van der Waals surface area contributed by atoms with E-state index in [1.165, 1.54) is 38.5 Å². The van der Waals surface area contributed by atoms with Gasteiger partial charge in [0.05, 0.1) is 13.2 Å². The molecule has 2 aromatic heterocycles. The molecule has 7 rings (SSSR count). The molecule has 0 aromatic carbocycles. The van der Waals surface area contributed by atoms with Crippen LogP contribution in [0.2, 0.25) is 0 Å². The molecule has 1 saturated heterocycles. The molecule has 5 fully saturated rings. The van der Waals surface area contributed by atoms with E-state index in [1.54, 1.807) is 10.6 Å². The Morgan fingerprint density at radius 3 is 2.86 bits per heavy atom. The first-order chi connectivity index (χ1) is 17.1. The van der Waals surface area contributed by atoms with Crippen molar-refractivity contribution in [3.63, 3.8) is 0 Å². The summed E-state index contributed by atoms with van der Waals surface area (Å²) >= 11 is 0. The van der Waals surface area contributed by atoms with Gasteiger partial charge in [0.2, 0.25) is 0 Å². The van der Waals surface area contributed by atoms with E-state index in [4.69, 9.17) is 4.74 Å². The van der Waals surface area contributed by atoms with Gasteiger partial charge in [-0.2, -0.15) is 0 Å². The number of hydrogen-bond donors (Lipinski definition) is 2. The van der Waals surface area contributed by atoms with Crippen LogP contribution < -0.4 is 10.6 Å². The molecule has 8 heteroatoms. The first-order valence-corrected chi connectivity index (χ1v) is 13.4. The van der Waals surface area contributed by atoms with Crippen LogP contribution in [-0.2, 0) is 4.74 Å². The van der Waals surface area contributed by atoms with Crippen molar-refractivity contribution in [2.75, 3.05) is 45.9 Å². The highest BCUT2D eigenvalue weighted by Crippen LogP contribution is 2.79. The molecule has 1 aliphatic heterocycles. The molecule has 5 atom stereocenters. The number of fused-ring (bicyclic) bond motifs is 2. The quantitative estimate of drug-likeness (QED) is 0.639. The van der Waals surface area contributed by atoms with E-state index in [1.807, 2.05) is 18.2 Å². The molecule has 2 bridgehead atoms. The molecule has 0 radical (unpaired) electrons. The van der Waals surface area contributed by atoms with Gasteiger partial charge in [-0.05, 0) is 79.2 Å². The third kappa shape index (κ3) is 3.59. The molecule has 35 heavy (non-hydrogen) atoms. The number of carbonyl (C=O) groups is 2. The Labute approximate surface area is 205 Å². The van der Waals surface area contributed by atoms with E-state index in [2.05, 4.69) is 20.5 Å². The fraction of sp³-hybridized carbons (Fsp3) is 0.667. The van der Waals surface area contributed by atoms with Gasteiger partial charge >= 0.3 is 0 Å². The summed E-state index contributed by atoms with van der Waals surface area (Å²) < 4.78 is 7.12. The summed E-state index contributed by atoms with van der Waals surface area (Å²) in [4.78, 5) is 32.8. The van der Waals surface area contributed by atoms with Gasteiger partial charge in [0.15, 0.2) is 0 Å². The molecule has 2 N–H and O–H groups in total. The Balaban J connectivity index is 1.00. The van der Waals surface area contributed by atoms with E-state index >= 15 is 0 Å². The van der Waals surface area contributed by atoms with Crippen molar-refractivity contribution in [2.24, 2.45) is 28.6 Å². The van der Waals surface area contributed by atoms with Crippen LogP contribution in [0.4, 0.5) is 0 Å². The number of nitrogens with zero attached hydrogens (tertiary/aromatic N) is 3. The van der Waals surface area contributed by atoms with Crippen molar-refractivity contribution in [2.45, 2.75) is 38.5 Å². The largest absolute Gasteiger partial charge is 0.379 e. The van der Waals surface area contributed by atoms with Gasteiger partial charge in [0.25, 0.3) is 11.8 Å². The molecule has 2 aromatic rings. The van der Waals surface area contributed by atoms with Gasteiger partial charge in [-0.15, -0.1) is 0 Å². The Morgan fingerprint density at radius 2 is 1.97 bits per heavy atom. The predicted octanol–water partition coefficient (Wildman–Crippen LogP) is 2.34. The van der Waals surface area contributed by atoms with Crippen molar-refractivity contribution in [3.8, 4) is 0 Å². The summed E-state index contributed by atoms with van der Waals surface area (Å²) in [5.74, 6) is 2.43. The lowest BCUT2D eigenvalue weighted by atomic mass is 9.71. The summed E-state index contributed by atoms with van der Waals surface area (Å²) in [5, 5.41) is 6.24. The fourth-order valence-electron chi connectivity index (χ4n) is 8.28. The van der Waals surface area contributed by atoms with Crippen molar-refractivity contribution in [1.29, 1.82) is 0 Å². The maximum atomic E-state index is 13.3. The summed E-state index contributed by atoms with van der Waals surface area (Å²) in [6.45, 7) is 5.41. The van der Waals surface area contributed by atoms with E-state index in [-0.39, 0.29) is 11.8 Å². The first kappa shape index (κ1) is 21.8. The van der Waals surface area contributed by atoms with Crippen molar-refractivity contribution in [1.82, 2.24) is 24.9 Å². The van der Waals surface area contributed by atoms with Crippen molar-refractivity contribution in [3.05, 3.63) is 35.8 Å². The zero-order valence-corrected chi connectivity index (χ0v) is 20.3. The van der Waals surface area contributed by atoms with Crippen LogP contribution in [0.3, 0.4) is 0 Å². The fourth-order valence-corrected chi connectivity index (χ4v) is 8.28. The van der Waals surface area contributed by atoms with Gasteiger partial charge in [-0.25, -0.2) is 4.98 Å². The second kappa shape index (κ2) is 8.03. The SMILES string of the molecule is O=C(NCCN1CCOCC1)c1cn2c(C(=O)NCC34CC5CCC6(CC6C3)C5C4)cccc2n1. The minimum Gasteiger partial charge on any atom is -0.379 e. The Morgan fingerprint density at radius 1 is 1.09 bits per heavy atom. The molecule has 4 aliphatic carbocycles.